The molecule has 0 aliphatic carbocycles. The van der Waals surface area contributed by atoms with Gasteiger partial charge in [-0.3, -0.25) is 19.3 Å². The van der Waals surface area contributed by atoms with Crippen LogP contribution in [0.1, 0.15) is 38.2 Å². The van der Waals surface area contributed by atoms with E-state index in [0.717, 1.165) is 42.3 Å². The van der Waals surface area contributed by atoms with Crippen LogP contribution in [0, 0.1) is 0 Å². The van der Waals surface area contributed by atoms with Crippen LogP contribution in [0.25, 0.3) is 6.08 Å². The van der Waals surface area contributed by atoms with Gasteiger partial charge in [0.1, 0.15) is 6.54 Å². The summed E-state index contributed by atoms with van der Waals surface area (Å²) in [5.41, 5.74) is 0.470. The first-order chi connectivity index (χ1) is 15.8. The first-order valence-corrected chi connectivity index (χ1v) is 12.2. The Morgan fingerprint density at radius 3 is 2.33 bits per heavy atom. The fourth-order valence-electron chi connectivity index (χ4n) is 3.48. The number of likely N-dealkylation sites (tertiary alicyclic amines) is 1. The lowest BCUT2D eigenvalue weighted by molar-refractivity contribution is -0.145. The van der Waals surface area contributed by atoms with Crippen molar-refractivity contribution in [2.24, 2.45) is 0 Å². The Labute approximate surface area is 206 Å². The third-order valence-electron chi connectivity index (χ3n) is 5.08. The summed E-state index contributed by atoms with van der Waals surface area (Å²) in [7, 11) is 0. The predicted molar refractivity (Wildman–Crippen MR) is 126 cm³/mol. The minimum absolute atomic E-state index is 0.111. The largest absolute Gasteiger partial charge is 0.479 e. The van der Waals surface area contributed by atoms with Crippen LogP contribution in [0.5, 0.6) is 5.75 Å². The number of hydrogen-bond acceptors (Lipinski definition) is 7. The van der Waals surface area contributed by atoms with Gasteiger partial charge in [0.05, 0.1) is 21.6 Å². The van der Waals surface area contributed by atoms with Crippen LogP contribution in [0.2, 0.25) is 10.0 Å². The molecule has 2 aliphatic heterocycles. The van der Waals surface area contributed by atoms with Crippen molar-refractivity contribution < 1.29 is 28.7 Å². The van der Waals surface area contributed by atoms with Gasteiger partial charge in [-0.1, -0.05) is 36.0 Å². The van der Waals surface area contributed by atoms with Crippen molar-refractivity contribution in [3.63, 3.8) is 0 Å². The van der Waals surface area contributed by atoms with E-state index >= 15 is 0 Å². The second-order valence-electron chi connectivity index (χ2n) is 7.47. The Kier molecular flexibility index (Phi) is 9.05. The van der Waals surface area contributed by atoms with Crippen LogP contribution in [-0.4, -0.2) is 65.7 Å². The molecule has 0 radical (unpaired) electrons. The second-order valence-corrected chi connectivity index (χ2v) is 9.28. The summed E-state index contributed by atoms with van der Waals surface area (Å²) < 4.78 is 10.1. The lowest BCUT2D eigenvalue weighted by Crippen LogP contribution is -2.42. The van der Waals surface area contributed by atoms with E-state index in [2.05, 4.69) is 0 Å². The smallest absolute Gasteiger partial charge is 0.344 e. The first kappa shape index (κ1) is 25.4. The second kappa shape index (κ2) is 11.8. The van der Waals surface area contributed by atoms with Crippen molar-refractivity contribution in [2.45, 2.75) is 32.6 Å². The summed E-state index contributed by atoms with van der Waals surface area (Å²) in [6.07, 6.45) is 5.48. The SMILES string of the molecule is CCOC(=O)COc1c(Cl)cc(C=C2SC(=O)N(CC(=O)N3CCCCCC3)C2=O)cc1Cl. The number of esters is 1. The van der Waals surface area contributed by atoms with E-state index in [4.69, 9.17) is 32.7 Å². The lowest BCUT2D eigenvalue weighted by Gasteiger charge is -2.22. The molecule has 11 heteroatoms. The number of carbonyl (C=O) groups excluding carboxylic acids is 4. The fourth-order valence-corrected chi connectivity index (χ4v) is 4.93. The highest BCUT2D eigenvalue weighted by Crippen LogP contribution is 2.37. The van der Waals surface area contributed by atoms with Crippen LogP contribution >= 0.6 is 35.0 Å². The maximum Gasteiger partial charge on any atom is 0.344 e. The molecular formula is C22H24Cl2N2O6S. The van der Waals surface area contributed by atoms with Crippen molar-refractivity contribution in [2.75, 3.05) is 32.8 Å². The molecule has 0 aromatic heterocycles. The van der Waals surface area contributed by atoms with Gasteiger partial charge in [-0.2, -0.15) is 0 Å². The molecule has 33 heavy (non-hydrogen) atoms. The summed E-state index contributed by atoms with van der Waals surface area (Å²) in [4.78, 5) is 52.1. The van der Waals surface area contributed by atoms with Gasteiger partial charge in [-0.15, -0.1) is 0 Å². The molecule has 3 amide bonds. The Bertz CT molecular complexity index is 953. The molecule has 0 bridgehead atoms. The molecule has 3 rings (SSSR count). The van der Waals surface area contributed by atoms with Gasteiger partial charge < -0.3 is 14.4 Å². The number of amides is 3. The van der Waals surface area contributed by atoms with Gasteiger partial charge in [0, 0.05) is 13.1 Å². The Balaban J connectivity index is 1.69. The Hall–Kier alpha value is -2.23. The fraction of sp³-hybridized carbons (Fsp3) is 0.455. The van der Waals surface area contributed by atoms with Gasteiger partial charge in [0.15, 0.2) is 12.4 Å². The molecule has 0 N–H and O–H groups in total. The number of hydrogen-bond donors (Lipinski definition) is 0. The van der Waals surface area contributed by atoms with Crippen molar-refractivity contribution in [1.82, 2.24) is 9.80 Å². The highest BCUT2D eigenvalue weighted by Gasteiger charge is 2.37. The van der Waals surface area contributed by atoms with E-state index in [0.29, 0.717) is 18.7 Å². The number of carbonyl (C=O) groups is 4. The number of halogens is 2. The van der Waals surface area contributed by atoms with Crippen molar-refractivity contribution in [1.29, 1.82) is 0 Å². The van der Waals surface area contributed by atoms with Crippen LogP contribution in [0.15, 0.2) is 17.0 Å². The summed E-state index contributed by atoms with van der Waals surface area (Å²) >= 11 is 13.2. The van der Waals surface area contributed by atoms with E-state index in [1.165, 1.54) is 18.2 Å². The molecule has 0 atom stereocenters. The summed E-state index contributed by atoms with van der Waals surface area (Å²) in [5.74, 6) is -1.21. The van der Waals surface area contributed by atoms with E-state index < -0.39 is 17.1 Å². The number of rotatable bonds is 7. The molecule has 2 heterocycles. The topological polar surface area (TPSA) is 93.2 Å². The monoisotopic (exact) mass is 514 g/mol. The molecule has 1 aromatic carbocycles. The first-order valence-electron chi connectivity index (χ1n) is 10.6. The van der Waals surface area contributed by atoms with Crippen molar-refractivity contribution in [3.8, 4) is 5.75 Å². The molecule has 1 aromatic rings. The van der Waals surface area contributed by atoms with Gasteiger partial charge >= 0.3 is 5.97 Å². The Morgan fingerprint density at radius 2 is 1.73 bits per heavy atom. The Morgan fingerprint density at radius 1 is 1.09 bits per heavy atom. The van der Waals surface area contributed by atoms with Crippen molar-refractivity contribution in [3.05, 3.63) is 32.6 Å². The van der Waals surface area contributed by atoms with E-state index in [9.17, 15) is 19.2 Å². The molecule has 2 saturated heterocycles. The van der Waals surface area contributed by atoms with Crippen LogP contribution in [0.3, 0.4) is 0 Å². The predicted octanol–water partition coefficient (Wildman–Crippen LogP) is 4.37. The molecule has 2 fully saturated rings. The maximum absolute atomic E-state index is 12.8. The number of benzene rings is 1. The van der Waals surface area contributed by atoms with Gasteiger partial charge in [-0.05, 0) is 55.3 Å². The third-order valence-corrected chi connectivity index (χ3v) is 6.55. The molecular weight excluding hydrogens is 491 g/mol. The van der Waals surface area contributed by atoms with Gasteiger partial charge in [0.25, 0.3) is 11.1 Å². The third kappa shape index (κ3) is 6.65. The molecule has 2 aliphatic rings. The average Bonchev–Trinajstić information content (AvgIpc) is 2.95. The van der Waals surface area contributed by atoms with Gasteiger partial charge in [0.2, 0.25) is 5.91 Å². The maximum atomic E-state index is 12.8. The number of nitrogens with zero attached hydrogens (tertiary/aromatic N) is 2. The molecule has 178 valence electrons. The van der Waals surface area contributed by atoms with Crippen molar-refractivity contribution >= 4 is 64.1 Å². The zero-order valence-corrected chi connectivity index (χ0v) is 20.4. The zero-order chi connectivity index (χ0) is 24.0. The standard InChI is InChI=1S/C22H24Cl2N2O6S/c1-2-31-19(28)13-32-20-15(23)9-14(10-16(20)24)11-17-21(29)26(22(30)33-17)12-18(27)25-7-5-3-4-6-8-25/h9-11H,2-8,12-13H2,1H3. The number of thioether (sulfide) groups is 1. The zero-order valence-electron chi connectivity index (χ0n) is 18.1. The lowest BCUT2D eigenvalue weighted by atomic mass is 10.2. The summed E-state index contributed by atoms with van der Waals surface area (Å²) in [5, 5.41) is -0.233. The molecule has 8 nitrogen and oxygen atoms in total. The molecule has 0 unspecified atom stereocenters. The van der Waals surface area contributed by atoms with E-state index in [1.54, 1.807) is 11.8 Å². The normalized spacial score (nSPS) is 18.0. The van der Waals surface area contributed by atoms with Crippen LogP contribution < -0.4 is 4.74 Å². The average molecular weight is 515 g/mol. The summed E-state index contributed by atoms with van der Waals surface area (Å²) in [6.45, 7) is 2.57. The minimum Gasteiger partial charge on any atom is -0.479 e. The molecule has 0 spiro atoms. The number of ether oxygens (including phenoxy) is 2. The highest BCUT2D eigenvalue weighted by atomic mass is 35.5. The minimum atomic E-state index is -0.558. The highest BCUT2D eigenvalue weighted by molar-refractivity contribution is 8.18. The van der Waals surface area contributed by atoms with E-state index in [-0.39, 0.29) is 46.4 Å². The number of imide groups is 1. The van der Waals surface area contributed by atoms with Crippen LogP contribution in [-0.2, 0) is 19.1 Å². The van der Waals surface area contributed by atoms with E-state index in [1.807, 2.05) is 0 Å². The van der Waals surface area contributed by atoms with Gasteiger partial charge in [-0.25, -0.2) is 4.79 Å². The quantitative estimate of drug-likeness (QED) is 0.393. The summed E-state index contributed by atoms with van der Waals surface area (Å²) in [6, 6.07) is 3.01. The molecule has 0 saturated carbocycles. The van der Waals surface area contributed by atoms with Crippen LogP contribution in [0.4, 0.5) is 4.79 Å².